The molecule has 0 aliphatic heterocycles. The molecular formula is C19H23ClN2O. The third-order valence-corrected chi connectivity index (χ3v) is 4.31. The van der Waals surface area contributed by atoms with Crippen molar-refractivity contribution in [3.8, 4) is 0 Å². The molecule has 2 aromatic rings. The van der Waals surface area contributed by atoms with Crippen LogP contribution in [0.3, 0.4) is 0 Å². The molecule has 2 aromatic carbocycles. The highest BCUT2D eigenvalue weighted by Crippen LogP contribution is 2.23. The molecule has 122 valence electrons. The summed E-state index contributed by atoms with van der Waals surface area (Å²) in [4.78, 5) is 14.4. The Hall–Kier alpha value is -2.00. The lowest BCUT2D eigenvalue weighted by Gasteiger charge is -2.23. The lowest BCUT2D eigenvalue weighted by molar-refractivity contribution is -0.116. The molecule has 0 radical (unpaired) electrons. The molecule has 1 N–H and O–H groups in total. The molecule has 0 atom stereocenters. The Balaban J connectivity index is 1.96. The van der Waals surface area contributed by atoms with Gasteiger partial charge >= 0.3 is 0 Å². The number of carbonyl (C=O) groups excluding carboxylic acids is 1. The molecule has 0 heterocycles. The Bertz CT molecular complexity index is 685. The van der Waals surface area contributed by atoms with Gasteiger partial charge in [0.15, 0.2) is 0 Å². The maximum Gasteiger partial charge on any atom is 0.226 e. The van der Waals surface area contributed by atoms with Crippen molar-refractivity contribution in [2.24, 2.45) is 0 Å². The molecule has 0 fully saturated rings. The first-order valence-corrected chi connectivity index (χ1v) is 8.25. The Morgan fingerprint density at radius 2 is 1.91 bits per heavy atom. The summed E-state index contributed by atoms with van der Waals surface area (Å²) in [6, 6.07) is 13.9. The molecule has 3 nitrogen and oxygen atoms in total. The van der Waals surface area contributed by atoms with Gasteiger partial charge in [-0.15, -0.1) is 0 Å². The van der Waals surface area contributed by atoms with Crippen LogP contribution in [0.4, 0.5) is 11.4 Å². The average molecular weight is 331 g/mol. The number of anilines is 2. The van der Waals surface area contributed by atoms with E-state index in [0.717, 1.165) is 23.5 Å². The van der Waals surface area contributed by atoms with E-state index in [2.05, 4.69) is 42.3 Å². The van der Waals surface area contributed by atoms with Crippen LogP contribution in [0.25, 0.3) is 0 Å². The molecule has 1 amide bonds. The second-order valence-electron chi connectivity index (χ2n) is 5.63. The third kappa shape index (κ3) is 4.73. The molecule has 0 bridgehead atoms. The van der Waals surface area contributed by atoms with Crippen molar-refractivity contribution in [2.75, 3.05) is 23.3 Å². The van der Waals surface area contributed by atoms with Gasteiger partial charge in [-0.25, -0.2) is 0 Å². The minimum absolute atomic E-state index is 0.00136. The Morgan fingerprint density at radius 3 is 2.61 bits per heavy atom. The first-order valence-electron chi connectivity index (χ1n) is 7.88. The maximum absolute atomic E-state index is 12.2. The van der Waals surface area contributed by atoms with Gasteiger partial charge in [-0.1, -0.05) is 29.8 Å². The number of nitrogens with one attached hydrogen (secondary N) is 1. The first kappa shape index (κ1) is 17.4. The summed E-state index contributed by atoms with van der Waals surface area (Å²) in [6.07, 6.45) is 0.438. The van der Waals surface area contributed by atoms with Gasteiger partial charge in [0, 0.05) is 35.9 Å². The van der Waals surface area contributed by atoms with Gasteiger partial charge in [-0.2, -0.15) is 0 Å². The van der Waals surface area contributed by atoms with Crippen molar-refractivity contribution in [3.63, 3.8) is 0 Å². The molecule has 0 spiro atoms. The highest BCUT2D eigenvalue weighted by molar-refractivity contribution is 6.31. The molecule has 2 rings (SSSR count). The van der Waals surface area contributed by atoms with E-state index in [1.54, 1.807) is 0 Å². The van der Waals surface area contributed by atoms with E-state index in [4.69, 9.17) is 11.6 Å². The summed E-state index contributed by atoms with van der Waals surface area (Å²) in [5.41, 5.74) is 4.05. The Kier molecular flexibility index (Phi) is 6.05. The van der Waals surface area contributed by atoms with E-state index in [9.17, 15) is 4.79 Å². The molecular weight excluding hydrogens is 308 g/mol. The lowest BCUT2D eigenvalue weighted by Crippen LogP contribution is -2.27. The quantitative estimate of drug-likeness (QED) is 0.824. The molecule has 0 saturated heterocycles. The molecule has 23 heavy (non-hydrogen) atoms. The van der Waals surface area contributed by atoms with Gasteiger partial charge in [0.1, 0.15) is 0 Å². The first-order chi connectivity index (χ1) is 11.0. The second kappa shape index (κ2) is 8.02. The van der Waals surface area contributed by atoms with E-state index in [-0.39, 0.29) is 5.91 Å². The fraction of sp³-hybridized carbons (Fsp3) is 0.316. The van der Waals surface area contributed by atoms with Crippen molar-refractivity contribution < 1.29 is 4.79 Å². The van der Waals surface area contributed by atoms with E-state index < -0.39 is 0 Å². The van der Waals surface area contributed by atoms with Crippen LogP contribution >= 0.6 is 11.6 Å². The van der Waals surface area contributed by atoms with Crippen molar-refractivity contribution in [3.05, 3.63) is 58.6 Å². The number of rotatable bonds is 6. The Morgan fingerprint density at radius 1 is 1.17 bits per heavy atom. The second-order valence-corrected chi connectivity index (χ2v) is 6.04. The van der Waals surface area contributed by atoms with Crippen molar-refractivity contribution in [1.29, 1.82) is 0 Å². The van der Waals surface area contributed by atoms with Crippen molar-refractivity contribution in [2.45, 2.75) is 27.2 Å². The summed E-state index contributed by atoms with van der Waals surface area (Å²) in [7, 11) is 0. The summed E-state index contributed by atoms with van der Waals surface area (Å²) in [5.74, 6) is 0.00136. The zero-order valence-corrected chi connectivity index (χ0v) is 14.7. The van der Waals surface area contributed by atoms with Crippen molar-refractivity contribution in [1.82, 2.24) is 0 Å². The summed E-state index contributed by atoms with van der Waals surface area (Å²) < 4.78 is 0. The fourth-order valence-electron chi connectivity index (χ4n) is 2.49. The van der Waals surface area contributed by atoms with Crippen LogP contribution in [-0.2, 0) is 4.79 Å². The van der Waals surface area contributed by atoms with Gasteiger partial charge in [0.25, 0.3) is 0 Å². The van der Waals surface area contributed by atoms with Crippen LogP contribution in [0.1, 0.15) is 24.5 Å². The SMILES string of the molecule is CCN(CCC(=O)Nc1cccc(Cl)c1C)c1cccc(C)c1. The smallest absolute Gasteiger partial charge is 0.226 e. The largest absolute Gasteiger partial charge is 0.371 e. The highest BCUT2D eigenvalue weighted by atomic mass is 35.5. The molecule has 4 heteroatoms. The van der Waals surface area contributed by atoms with Crippen LogP contribution in [0.15, 0.2) is 42.5 Å². The predicted molar refractivity (Wildman–Crippen MR) is 98.5 cm³/mol. The van der Waals surface area contributed by atoms with E-state index in [0.29, 0.717) is 18.0 Å². The number of benzene rings is 2. The van der Waals surface area contributed by atoms with Crippen LogP contribution in [-0.4, -0.2) is 19.0 Å². The number of halogens is 1. The average Bonchev–Trinajstić information content (AvgIpc) is 2.52. The zero-order valence-electron chi connectivity index (χ0n) is 13.9. The van der Waals surface area contributed by atoms with Crippen LogP contribution in [0, 0.1) is 13.8 Å². The topological polar surface area (TPSA) is 32.3 Å². The molecule has 0 saturated carbocycles. The number of carbonyl (C=O) groups is 1. The normalized spacial score (nSPS) is 10.4. The van der Waals surface area contributed by atoms with Crippen LogP contribution in [0.5, 0.6) is 0 Å². The van der Waals surface area contributed by atoms with Crippen LogP contribution in [0.2, 0.25) is 5.02 Å². The minimum Gasteiger partial charge on any atom is -0.371 e. The zero-order chi connectivity index (χ0) is 16.8. The number of aryl methyl sites for hydroxylation is 1. The van der Waals surface area contributed by atoms with Gasteiger partial charge in [-0.3, -0.25) is 4.79 Å². The number of hydrogen-bond donors (Lipinski definition) is 1. The van der Waals surface area contributed by atoms with Crippen LogP contribution < -0.4 is 10.2 Å². The maximum atomic E-state index is 12.2. The summed E-state index contributed by atoms with van der Waals surface area (Å²) in [5, 5.41) is 3.61. The standard InChI is InChI=1S/C19H23ClN2O/c1-4-22(16-8-5-7-14(2)13-16)12-11-19(23)21-18-10-6-9-17(20)15(18)3/h5-10,13H,4,11-12H2,1-3H3,(H,21,23). The molecule has 0 aliphatic rings. The van der Waals surface area contributed by atoms with Gasteiger partial charge in [0.2, 0.25) is 5.91 Å². The van der Waals surface area contributed by atoms with E-state index >= 15 is 0 Å². The number of nitrogens with zero attached hydrogens (tertiary/aromatic N) is 1. The lowest BCUT2D eigenvalue weighted by atomic mass is 10.2. The number of hydrogen-bond acceptors (Lipinski definition) is 2. The molecule has 0 unspecified atom stereocenters. The Labute approximate surface area is 143 Å². The van der Waals surface area contributed by atoms with E-state index in [1.165, 1.54) is 5.56 Å². The minimum atomic E-state index is 0.00136. The summed E-state index contributed by atoms with van der Waals surface area (Å²) in [6.45, 7) is 7.63. The molecule has 0 aliphatic carbocycles. The van der Waals surface area contributed by atoms with Crippen molar-refractivity contribution >= 4 is 28.9 Å². The fourth-order valence-corrected chi connectivity index (χ4v) is 2.66. The third-order valence-electron chi connectivity index (χ3n) is 3.90. The van der Waals surface area contributed by atoms with Gasteiger partial charge in [0.05, 0.1) is 0 Å². The molecule has 0 aromatic heterocycles. The monoisotopic (exact) mass is 330 g/mol. The number of amides is 1. The predicted octanol–water partition coefficient (Wildman–Crippen LogP) is 4.81. The van der Waals surface area contributed by atoms with Gasteiger partial charge < -0.3 is 10.2 Å². The van der Waals surface area contributed by atoms with E-state index in [1.807, 2.05) is 31.2 Å². The highest BCUT2D eigenvalue weighted by Gasteiger charge is 2.10. The summed E-state index contributed by atoms with van der Waals surface area (Å²) >= 11 is 6.08. The van der Waals surface area contributed by atoms with Gasteiger partial charge in [-0.05, 0) is 56.2 Å².